The summed E-state index contributed by atoms with van der Waals surface area (Å²) in [5.74, 6) is 0.204. The highest BCUT2D eigenvalue weighted by Crippen LogP contribution is 2.27. The molecule has 3 aromatic carbocycles. The second kappa shape index (κ2) is 14.0. The van der Waals surface area contributed by atoms with Gasteiger partial charge in [0.05, 0.1) is 0 Å². The van der Waals surface area contributed by atoms with Gasteiger partial charge >= 0.3 is 6.03 Å². The molecule has 1 fully saturated rings. The molecule has 3 amide bonds. The van der Waals surface area contributed by atoms with Crippen LogP contribution in [0, 0.1) is 0 Å². The molecule has 1 aliphatic rings. The van der Waals surface area contributed by atoms with E-state index in [1.807, 2.05) is 41.3 Å². The van der Waals surface area contributed by atoms with Crippen LogP contribution in [0.15, 0.2) is 89.4 Å². The van der Waals surface area contributed by atoms with Crippen molar-refractivity contribution in [3.8, 4) is 0 Å². The first kappa shape index (κ1) is 26.9. The van der Waals surface area contributed by atoms with Crippen LogP contribution in [0.4, 0.5) is 10.5 Å². The van der Waals surface area contributed by atoms with Gasteiger partial charge < -0.3 is 15.5 Å². The minimum absolute atomic E-state index is 0.0166. The minimum atomic E-state index is -0.129. The first-order valence-electron chi connectivity index (χ1n) is 13.3. The molecular weight excluding hydrogens is 526 g/mol. The lowest BCUT2D eigenvalue weighted by Crippen LogP contribution is -2.45. The lowest BCUT2D eigenvalue weighted by Gasteiger charge is -2.34. The monoisotopic (exact) mass is 561 g/mol. The van der Waals surface area contributed by atoms with Gasteiger partial charge in [-0.15, -0.1) is 0 Å². The van der Waals surface area contributed by atoms with Crippen LogP contribution in [0.2, 0.25) is 0 Å². The summed E-state index contributed by atoms with van der Waals surface area (Å²) in [4.78, 5) is 27.9. The zero-order valence-corrected chi connectivity index (χ0v) is 22.8. The van der Waals surface area contributed by atoms with Crippen molar-refractivity contribution in [1.29, 1.82) is 0 Å². The molecule has 0 heterocycles. The van der Waals surface area contributed by atoms with Gasteiger partial charge in [0.2, 0.25) is 5.91 Å². The van der Waals surface area contributed by atoms with Crippen molar-refractivity contribution < 1.29 is 9.59 Å². The van der Waals surface area contributed by atoms with E-state index >= 15 is 0 Å². The Morgan fingerprint density at radius 2 is 1.43 bits per heavy atom. The van der Waals surface area contributed by atoms with E-state index in [4.69, 9.17) is 0 Å². The number of benzene rings is 3. The second-order valence-corrected chi connectivity index (χ2v) is 10.6. The van der Waals surface area contributed by atoms with Crippen molar-refractivity contribution in [3.63, 3.8) is 0 Å². The van der Waals surface area contributed by atoms with Gasteiger partial charge in [-0.25, -0.2) is 4.79 Å². The SMILES string of the molecule is O=C(CCN(C(=O)Nc1ccc(Br)cc1)C1CCCCC1)NCCC(c1ccccc1)c1ccccc1. The summed E-state index contributed by atoms with van der Waals surface area (Å²) >= 11 is 3.43. The molecule has 0 bridgehead atoms. The summed E-state index contributed by atoms with van der Waals surface area (Å²) in [6.07, 6.45) is 6.56. The zero-order valence-electron chi connectivity index (χ0n) is 21.2. The topological polar surface area (TPSA) is 61.4 Å². The van der Waals surface area contributed by atoms with Crippen LogP contribution in [0.3, 0.4) is 0 Å². The van der Waals surface area contributed by atoms with E-state index in [1.165, 1.54) is 17.5 Å². The normalized spacial score (nSPS) is 13.8. The smallest absolute Gasteiger partial charge is 0.322 e. The molecule has 0 aromatic heterocycles. The maximum Gasteiger partial charge on any atom is 0.322 e. The number of urea groups is 1. The van der Waals surface area contributed by atoms with Gasteiger partial charge in [0.1, 0.15) is 0 Å². The van der Waals surface area contributed by atoms with Crippen LogP contribution in [0.1, 0.15) is 62.0 Å². The molecule has 0 radical (unpaired) electrons. The van der Waals surface area contributed by atoms with E-state index in [1.54, 1.807) is 0 Å². The fourth-order valence-electron chi connectivity index (χ4n) is 5.13. The second-order valence-electron chi connectivity index (χ2n) is 9.68. The fourth-order valence-corrected chi connectivity index (χ4v) is 5.40. The number of nitrogens with one attached hydrogen (secondary N) is 2. The molecule has 0 unspecified atom stereocenters. The fraction of sp³-hybridized carbons (Fsp3) is 0.355. The average molecular weight is 563 g/mol. The molecule has 0 atom stereocenters. The van der Waals surface area contributed by atoms with Gasteiger partial charge in [0.15, 0.2) is 0 Å². The molecule has 0 saturated heterocycles. The summed E-state index contributed by atoms with van der Waals surface area (Å²) in [6.45, 7) is 1.00. The van der Waals surface area contributed by atoms with Gasteiger partial charge in [-0.05, 0) is 54.7 Å². The molecule has 5 nitrogen and oxygen atoms in total. The van der Waals surface area contributed by atoms with E-state index in [0.29, 0.717) is 19.5 Å². The largest absolute Gasteiger partial charge is 0.356 e. The third-order valence-electron chi connectivity index (χ3n) is 7.11. The number of carbonyl (C=O) groups is 2. The minimum Gasteiger partial charge on any atom is -0.356 e. The summed E-state index contributed by atoms with van der Waals surface area (Å²) in [6, 6.07) is 28.5. The third-order valence-corrected chi connectivity index (χ3v) is 7.64. The lowest BCUT2D eigenvalue weighted by molar-refractivity contribution is -0.121. The number of halogens is 1. The molecule has 6 heteroatoms. The number of nitrogens with zero attached hydrogens (tertiary/aromatic N) is 1. The number of rotatable bonds is 10. The third kappa shape index (κ3) is 8.19. The van der Waals surface area contributed by atoms with E-state index in [-0.39, 0.29) is 23.9 Å². The standard InChI is InChI=1S/C31H36BrN3O2/c32-26-16-18-27(19-17-26)34-31(37)35(28-14-8-3-9-15-28)23-21-30(36)33-22-20-29(24-10-4-1-5-11-24)25-12-6-2-7-13-25/h1-2,4-7,10-13,16-19,28-29H,3,8-9,14-15,20-23H2,(H,33,36)(H,34,37). The van der Waals surface area contributed by atoms with Crippen molar-refractivity contribution in [1.82, 2.24) is 10.2 Å². The Morgan fingerprint density at radius 1 is 0.838 bits per heavy atom. The molecule has 2 N–H and O–H groups in total. The first-order chi connectivity index (χ1) is 18.1. The predicted molar refractivity (Wildman–Crippen MR) is 154 cm³/mol. The summed E-state index contributed by atoms with van der Waals surface area (Å²) < 4.78 is 0.966. The van der Waals surface area contributed by atoms with Crippen LogP contribution in [-0.2, 0) is 4.79 Å². The average Bonchev–Trinajstić information content (AvgIpc) is 2.94. The number of anilines is 1. The highest BCUT2D eigenvalue weighted by atomic mass is 79.9. The molecule has 4 rings (SSSR count). The molecule has 194 valence electrons. The van der Waals surface area contributed by atoms with Gasteiger partial charge in [-0.2, -0.15) is 0 Å². The maximum absolute atomic E-state index is 13.2. The summed E-state index contributed by atoms with van der Waals surface area (Å²) in [5, 5.41) is 6.12. The van der Waals surface area contributed by atoms with Gasteiger partial charge in [0, 0.05) is 41.6 Å². The Kier molecular flexibility index (Phi) is 10.2. The number of amides is 3. The predicted octanol–water partition coefficient (Wildman–Crippen LogP) is 7.34. The number of hydrogen-bond donors (Lipinski definition) is 2. The molecular formula is C31H36BrN3O2. The molecule has 0 aliphatic heterocycles. The van der Waals surface area contributed by atoms with E-state index in [9.17, 15) is 9.59 Å². The van der Waals surface area contributed by atoms with Crippen LogP contribution < -0.4 is 10.6 Å². The van der Waals surface area contributed by atoms with Gasteiger partial charge in [-0.3, -0.25) is 4.79 Å². The van der Waals surface area contributed by atoms with Gasteiger partial charge in [-0.1, -0.05) is 95.9 Å². The van der Waals surface area contributed by atoms with Crippen molar-refractivity contribution >= 4 is 33.6 Å². The molecule has 1 saturated carbocycles. The molecule has 0 spiro atoms. The Balaban J connectivity index is 1.32. The van der Waals surface area contributed by atoms with Crippen LogP contribution in [0.25, 0.3) is 0 Å². The Morgan fingerprint density at radius 3 is 2.03 bits per heavy atom. The zero-order chi connectivity index (χ0) is 25.9. The summed E-state index contributed by atoms with van der Waals surface area (Å²) in [5.41, 5.74) is 3.25. The molecule has 1 aliphatic carbocycles. The first-order valence-corrected chi connectivity index (χ1v) is 14.1. The highest BCUT2D eigenvalue weighted by Gasteiger charge is 2.26. The Hall–Kier alpha value is -3.12. The number of hydrogen-bond acceptors (Lipinski definition) is 2. The van der Waals surface area contributed by atoms with E-state index in [0.717, 1.165) is 42.3 Å². The van der Waals surface area contributed by atoms with Crippen molar-refractivity contribution in [2.45, 2.75) is 56.9 Å². The van der Waals surface area contributed by atoms with Crippen LogP contribution in [0.5, 0.6) is 0 Å². The van der Waals surface area contributed by atoms with Gasteiger partial charge in [0.25, 0.3) is 0 Å². The van der Waals surface area contributed by atoms with Crippen molar-refractivity contribution in [2.24, 2.45) is 0 Å². The molecule has 37 heavy (non-hydrogen) atoms. The summed E-state index contributed by atoms with van der Waals surface area (Å²) in [7, 11) is 0. The van der Waals surface area contributed by atoms with Crippen LogP contribution >= 0.6 is 15.9 Å². The maximum atomic E-state index is 13.2. The molecule has 3 aromatic rings. The Bertz CT molecular complexity index is 1080. The van der Waals surface area contributed by atoms with E-state index in [2.05, 4.69) is 75.1 Å². The number of carbonyl (C=O) groups excluding carboxylic acids is 2. The lowest BCUT2D eigenvalue weighted by atomic mass is 9.88. The quantitative estimate of drug-likeness (QED) is 0.272. The van der Waals surface area contributed by atoms with Crippen molar-refractivity contribution in [2.75, 3.05) is 18.4 Å². The van der Waals surface area contributed by atoms with Crippen molar-refractivity contribution in [3.05, 3.63) is 101 Å². The van der Waals surface area contributed by atoms with E-state index < -0.39 is 0 Å². The Labute approximate surface area is 228 Å². The van der Waals surface area contributed by atoms with Crippen LogP contribution in [-0.4, -0.2) is 36.0 Å². The highest BCUT2D eigenvalue weighted by molar-refractivity contribution is 9.10.